The molecule has 6 heteroatoms. The molecule has 168 valence electrons. The molecule has 0 N–H and O–H groups in total. The second-order valence-corrected chi connectivity index (χ2v) is 9.01. The van der Waals surface area contributed by atoms with E-state index in [9.17, 15) is 17.6 Å². The van der Waals surface area contributed by atoms with Crippen LogP contribution in [-0.4, -0.2) is 0 Å². The third-order valence-corrected chi connectivity index (χ3v) is 6.68. The van der Waals surface area contributed by atoms with Crippen LogP contribution in [0.4, 0.5) is 17.6 Å². The molecule has 0 radical (unpaired) electrons. The first-order valence-corrected chi connectivity index (χ1v) is 11.8. The van der Waals surface area contributed by atoms with Gasteiger partial charge in [-0.05, 0) is 61.1 Å². The van der Waals surface area contributed by atoms with Gasteiger partial charge >= 0.3 is 0 Å². The molecule has 1 nitrogen and oxygen atoms in total. The van der Waals surface area contributed by atoms with Gasteiger partial charge in [-0.25, -0.2) is 17.6 Å². The van der Waals surface area contributed by atoms with E-state index in [0.29, 0.717) is 11.5 Å². The van der Waals surface area contributed by atoms with E-state index in [0.717, 1.165) is 18.8 Å². The van der Waals surface area contributed by atoms with Crippen molar-refractivity contribution in [3.05, 3.63) is 53.1 Å². The van der Waals surface area contributed by atoms with E-state index in [-0.39, 0.29) is 17.3 Å². The van der Waals surface area contributed by atoms with Gasteiger partial charge in [-0.15, -0.1) is 0 Å². The SMILES string of the molecule is CCCCCC1CCC(C#Cc2ccc(-c3c(F)c(F)c(SC#N)c(F)c3F)cc2)CC1. The van der Waals surface area contributed by atoms with Crippen LogP contribution in [0.3, 0.4) is 0 Å². The summed E-state index contributed by atoms with van der Waals surface area (Å²) in [6, 6.07) is 5.97. The Morgan fingerprint density at radius 3 is 2.09 bits per heavy atom. The minimum absolute atomic E-state index is 0.00412. The summed E-state index contributed by atoms with van der Waals surface area (Å²) in [5.41, 5.74) is -0.107. The van der Waals surface area contributed by atoms with E-state index < -0.39 is 33.7 Å². The third kappa shape index (κ3) is 5.67. The number of hydrogen-bond acceptors (Lipinski definition) is 2. The van der Waals surface area contributed by atoms with Crippen molar-refractivity contribution in [1.82, 2.24) is 0 Å². The number of rotatable bonds is 6. The van der Waals surface area contributed by atoms with Crippen LogP contribution >= 0.6 is 11.8 Å². The molecule has 0 atom stereocenters. The lowest BCUT2D eigenvalue weighted by atomic mass is 9.80. The summed E-state index contributed by atoms with van der Waals surface area (Å²) in [5.74, 6) is 1.39. The standard InChI is InChI=1S/C26H25F4NS/c1-2-3-4-5-17-6-8-18(9-7-17)10-11-19-12-14-20(15-13-19)21-22(27)24(29)26(32-16-31)25(30)23(21)28/h12-15,17-18H,2-9H2,1H3. The zero-order valence-corrected chi connectivity index (χ0v) is 18.8. The Morgan fingerprint density at radius 1 is 0.906 bits per heavy atom. The maximum absolute atomic E-state index is 14.4. The molecule has 1 aliphatic carbocycles. The first-order valence-electron chi connectivity index (χ1n) is 11.0. The number of benzene rings is 2. The van der Waals surface area contributed by atoms with Crippen LogP contribution in [0.15, 0.2) is 29.2 Å². The highest BCUT2D eigenvalue weighted by molar-refractivity contribution is 8.03. The van der Waals surface area contributed by atoms with Gasteiger partial charge in [0.2, 0.25) is 0 Å². The van der Waals surface area contributed by atoms with Crippen LogP contribution in [-0.2, 0) is 0 Å². The van der Waals surface area contributed by atoms with E-state index in [1.165, 1.54) is 56.1 Å². The average Bonchev–Trinajstić information content (AvgIpc) is 2.81. The first-order chi connectivity index (χ1) is 15.5. The highest BCUT2D eigenvalue weighted by Gasteiger charge is 2.26. The van der Waals surface area contributed by atoms with Crippen molar-refractivity contribution in [1.29, 1.82) is 5.26 Å². The van der Waals surface area contributed by atoms with Gasteiger partial charge in [0.25, 0.3) is 0 Å². The van der Waals surface area contributed by atoms with Crippen molar-refractivity contribution in [2.75, 3.05) is 0 Å². The fourth-order valence-corrected chi connectivity index (χ4v) is 4.63. The van der Waals surface area contributed by atoms with Crippen LogP contribution in [0.1, 0.15) is 63.9 Å². The first kappa shape index (κ1) is 24.2. The molecule has 0 saturated heterocycles. The lowest BCUT2D eigenvalue weighted by molar-refractivity contribution is 0.294. The van der Waals surface area contributed by atoms with E-state index >= 15 is 0 Å². The molecular formula is C26H25F4NS. The molecule has 0 amide bonds. The second kappa shape index (κ2) is 11.4. The molecular weight excluding hydrogens is 434 g/mol. The molecule has 1 aliphatic rings. The van der Waals surface area contributed by atoms with Gasteiger partial charge < -0.3 is 0 Å². The third-order valence-electron chi connectivity index (χ3n) is 6.03. The Hall–Kier alpha value is -2.44. The minimum atomic E-state index is -1.57. The van der Waals surface area contributed by atoms with E-state index in [2.05, 4.69) is 18.8 Å². The monoisotopic (exact) mass is 459 g/mol. The quantitative estimate of drug-likeness (QED) is 0.108. The molecule has 0 spiro atoms. The van der Waals surface area contributed by atoms with Gasteiger partial charge in [-0.3, -0.25) is 0 Å². The molecule has 3 rings (SSSR count). The van der Waals surface area contributed by atoms with Crippen LogP contribution < -0.4 is 0 Å². The normalized spacial score (nSPS) is 18.0. The van der Waals surface area contributed by atoms with Crippen LogP contribution in [0, 0.1) is 57.6 Å². The van der Waals surface area contributed by atoms with Crippen LogP contribution in [0.5, 0.6) is 0 Å². The number of hydrogen-bond donors (Lipinski definition) is 0. The maximum atomic E-state index is 14.4. The number of thiocyanates is 1. The molecule has 2 aromatic carbocycles. The predicted octanol–water partition coefficient (Wildman–Crippen LogP) is 8.22. The maximum Gasteiger partial charge on any atom is 0.177 e. The predicted molar refractivity (Wildman–Crippen MR) is 120 cm³/mol. The fraction of sp³-hybridized carbons (Fsp3) is 0.423. The van der Waals surface area contributed by atoms with Crippen molar-refractivity contribution in [2.24, 2.45) is 11.8 Å². The number of nitriles is 1. The topological polar surface area (TPSA) is 23.8 Å². The highest BCUT2D eigenvalue weighted by Crippen LogP contribution is 2.36. The Morgan fingerprint density at radius 2 is 1.53 bits per heavy atom. The Labute approximate surface area is 191 Å². The van der Waals surface area contributed by atoms with Crippen molar-refractivity contribution in [2.45, 2.75) is 63.2 Å². The number of unbranched alkanes of at least 4 members (excludes halogenated alkanes) is 2. The smallest absolute Gasteiger partial charge is 0.177 e. The Bertz CT molecular complexity index is 1010. The lowest BCUT2D eigenvalue weighted by Gasteiger charge is -2.25. The molecule has 1 saturated carbocycles. The summed E-state index contributed by atoms with van der Waals surface area (Å²) in [6.45, 7) is 2.22. The van der Waals surface area contributed by atoms with Gasteiger partial charge in [0.15, 0.2) is 23.3 Å². The van der Waals surface area contributed by atoms with Gasteiger partial charge in [0.1, 0.15) is 5.40 Å². The minimum Gasteiger partial charge on any atom is -0.203 e. The zero-order valence-electron chi connectivity index (χ0n) is 18.0. The van der Waals surface area contributed by atoms with Gasteiger partial charge in [0, 0.05) is 11.5 Å². The fourth-order valence-electron chi connectivity index (χ4n) is 4.18. The zero-order chi connectivity index (χ0) is 23.1. The molecule has 1 fully saturated rings. The largest absolute Gasteiger partial charge is 0.203 e. The van der Waals surface area contributed by atoms with E-state index in [1.54, 1.807) is 12.1 Å². The van der Waals surface area contributed by atoms with Gasteiger partial charge in [-0.2, -0.15) is 5.26 Å². The van der Waals surface area contributed by atoms with Crippen LogP contribution in [0.2, 0.25) is 0 Å². The Balaban J connectivity index is 1.69. The molecule has 0 aliphatic heterocycles. The van der Waals surface area contributed by atoms with E-state index in [1.807, 2.05) is 0 Å². The summed E-state index contributed by atoms with van der Waals surface area (Å²) >= 11 is 0.0453. The molecule has 2 aromatic rings. The van der Waals surface area contributed by atoms with Crippen molar-refractivity contribution < 1.29 is 17.6 Å². The summed E-state index contributed by atoms with van der Waals surface area (Å²) in [7, 11) is 0. The summed E-state index contributed by atoms with van der Waals surface area (Å²) in [5, 5.41) is 10.0. The molecule has 0 unspecified atom stereocenters. The molecule has 0 heterocycles. The Kier molecular flexibility index (Phi) is 8.65. The molecule has 32 heavy (non-hydrogen) atoms. The van der Waals surface area contributed by atoms with Crippen molar-refractivity contribution in [3.8, 4) is 28.4 Å². The van der Waals surface area contributed by atoms with Crippen molar-refractivity contribution in [3.63, 3.8) is 0 Å². The summed E-state index contributed by atoms with van der Waals surface area (Å²) < 4.78 is 57.0. The average molecular weight is 460 g/mol. The lowest BCUT2D eigenvalue weighted by Crippen LogP contribution is -2.13. The van der Waals surface area contributed by atoms with E-state index in [4.69, 9.17) is 5.26 Å². The molecule has 0 bridgehead atoms. The second-order valence-electron chi connectivity index (χ2n) is 8.21. The summed E-state index contributed by atoms with van der Waals surface area (Å²) in [4.78, 5) is -0.978. The summed E-state index contributed by atoms with van der Waals surface area (Å²) in [6.07, 6.45) is 9.74. The number of halogens is 4. The molecule has 0 aromatic heterocycles. The number of nitrogens with zero attached hydrogens (tertiary/aromatic N) is 1. The highest BCUT2D eigenvalue weighted by atomic mass is 32.2. The number of thioether (sulfide) groups is 1. The van der Waals surface area contributed by atoms with Crippen molar-refractivity contribution >= 4 is 11.8 Å². The van der Waals surface area contributed by atoms with Gasteiger partial charge in [0.05, 0.1) is 10.5 Å². The van der Waals surface area contributed by atoms with Crippen LogP contribution in [0.25, 0.3) is 11.1 Å². The van der Waals surface area contributed by atoms with Gasteiger partial charge in [-0.1, -0.05) is 56.6 Å².